The van der Waals surface area contributed by atoms with Gasteiger partial charge in [-0.25, -0.2) is 0 Å². The van der Waals surface area contributed by atoms with Gasteiger partial charge in [0.2, 0.25) is 0 Å². The summed E-state index contributed by atoms with van der Waals surface area (Å²) in [4.78, 5) is 12.3. The molecule has 1 atom stereocenters. The third-order valence-electron chi connectivity index (χ3n) is 3.34. The molecule has 106 valence electrons. The molecule has 2 rings (SSSR count). The van der Waals surface area contributed by atoms with Crippen molar-refractivity contribution in [3.63, 3.8) is 0 Å². The van der Waals surface area contributed by atoms with Crippen molar-refractivity contribution in [3.05, 3.63) is 47.3 Å². The number of carbonyl (C=O) groups excluding carboxylic acids is 1. The van der Waals surface area contributed by atoms with Crippen LogP contribution in [0.3, 0.4) is 0 Å². The van der Waals surface area contributed by atoms with Gasteiger partial charge in [0.1, 0.15) is 5.69 Å². The molecule has 1 unspecified atom stereocenters. The van der Waals surface area contributed by atoms with Crippen molar-refractivity contribution in [1.82, 2.24) is 15.1 Å². The highest BCUT2D eigenvalue weighted by Crippen LogP contribution is 2.19. The van der Waals surface area contributed by atoms with Crippen LogP contribution in [0.1, 0.15) is 41.6 Å². The second kappa shape index (κ2) is 5.77. The van der Waals surface area contributed by atoms with E-state index in [-0.39, 0.29) is 11.9 Å². The number of anilines is 1. The van der Waals surface area contributed by atoms with Crippen LogP contribution in [-0.2, 0) is 13.5 Å². The van der Waals surface area contributed by atoms with Crippen LogP contribution < -0.4 is 11.1 Å². The van der Waals surface area contributed by atoms with E-state index < -0.39 is 0 Å². The van der Waals surface area contributed by atoms with Crippen molar-refractivity contribution in [1.29, 1.82) is 0 Å². The summed E-state index contributed by atoms with van der Waals surface area (Å²) in [6.07, 6.45) is 0.808. The zero-order valence-corrected chi connectivity index (χ0v) is 12.1. The highest BCUT2D eigenvalue weighted by molar-refractivity contribution is 5.93. The molecular formula is C15H20N4O. The van der Waals surface area contributed by atoms with E-state index >= 15 is 0 Å². The summed E-state index contributed by atoms with van der Waals surface area (Å²) in [5.74, 6) is -0.143. The number of aryl methyl sites for hydroxylation is 2. The zero-order chi connectivity index (χ0) is 14.7. The summed E-state index contributed by atoms with van der Waals surface area (Å²) < 4.78 is 1.61. The Hall–Kier alpha value is -2.30. The molecule has 0 saturated carbocycles. The molecule has 1 aromatic carbocycles. The minimum Gasteiger partial charge on any atom is -0.398 e. The molecule has 0 aliphatic carbocycles. The topological polar surface area (TPSA) is 72.9 Å². The number of aromatic nitrogens is 2. The zero-order valence-electron chi connectivity index (χ0n) is 12.1. The summed E-state index contributed by atoms with van der Waals surface area (Å²) in [5, 5.41) is 7.23. The van der Waals surface area contributed by atoms with E-state index in [2.05, 4.69) is 10.4 Å². The van der Waals surface area contributed by atoms with E-state index in [1.807, 2.05) is 44.2 Å². The average Bonchev–Trinajstić information content (AvgIpc) is 2.80. The third-order valence-corrected chi connectivity index (χ3v) is 3.34. The first-order chi connectivity index (χ1) is 9.52. The fourth-order valence-corrected chi connectivity index (χ4v) is 2.17. The molecule has 2 aromatic rings. The Balaban J connectivity index is 2.15. The molecule has 1 amide bonds. The van der Waals surface area contributed by atoms with Crippen LogP contribution in [0.2, 0.25) is 0 Å². The van der Waals surface area contributed by atoms with Gasteiger partial charge in [0.25, 0.3) is 5.91 Å². The highest BCUT2D eigenvalue weighted by atomic mass is 16.2. The van der Waals surface area contributed by atoms with E-state index in [9.17, 15) is 4.79 Å². The number of rotatable bonds is 4. The predicted octanol–water partition coefficient (Wildman–Crippen LogP) is 2.06. The fraction of sp³-hybridized carbons (Fsp3) is 0.333. The Bertz CT molecular complexity index is 618. The highest BCUT2D eigenvalue weighted by Gasteiger charge is 2.16. The summed E-state index contributed by atoms with van der Waals surface area (Å²) >= 11 is 0. The Labute approximate surface area is 118 Å². The molecule has 5 heteroatoms. The maximum absolute atomic E-state index is 12.3. The minimum atomic E-state index is -0.149. The van der Waals surface area contributed by atoms with E-state index in [4.69, 9.17) is 5.73 Å². The number of nitrogens with two attached hydrogens (primary N) is 1. The van der Waals surface area contributed by atoms with Crippen LogP contribution >= 0.6 is 0 Å². The number of hydrogen-bond donors (Lipinski definition) is 2. The largest absolute Gasteiger partial charge is 0.398 e. The van der Waals surface area contributed by atoms with Gasteiger partial charge in [-0.3, -0.25) is 9.48 Å². The average molecular weight is 272 g/mol. The van der Waals surface area contributed by atoms with Crippen LogP contribution in [0.5, 0.6) is 0 Å². The number of amides is 1. The first-order valence-corrected chi connectivity index (χ1v) is 6.71. The van der Waals surface area contributed by atoms with Gasteiger partial charge in [0.15, 0.2) is 0 Å². The monoisotopic (exact) mass is 272 g/mol. The first kappa shape index (κ1) is 14.1. The van der Waals surface area contributed by atoms with Gasteiger partial charge in [-0.1, -0.05) is 25.1 Å². The number of carbonyl (C=O) groups is 1. The minimum absolute atomic E-state index is 0.143. The molecular weight excluding hydrogens is 252 g/mol. The Kier molecular flexibility index (Phi) is 4.08. The normalized spacial score (nSPS) is 12.2. The molecule has 0 radical (unpaired) electrons. The molecule has 0 bridgehead atoms. The Morgan fingerprint density at radius 1 is 1.45 bits per heavy atom. The standard InChI is InChI=1S/C15H20N4O/c1-4-11-9-14(19(3)18-11)15(20)17-10(2)12-7-5-6-8-13(12)16/h5-10H,4,16H2,1-3H3,(H,17,20). The lowest BCUT2D eigenvalue weighted by atomic mass is 10.1. The maximum atomic E-state index is 12.3. The van der Waals surface area contributed by atoms with Gasteiger partial charge in [0.05, 0.1) is 11.7 Å². The van der Waals surface area contributed by atoms with Crippen molar-refractivity contribution in [3.8, 4) is 0 Å². The summed E-state index contributed by atoms with van der Waals surface area (Å²) in [6.45, 7) is 3.93. The molecule has 3 N–H and O–H groups in total. The summed E-state index contributed by atoms with van der Waals surface area (Å²) in [5.41, 5.74) is 8.98. The van der Waals surface area contributed by atoms with Crippen LogP contribution in [0.25, 0.3) is 0 Å². The summed E-state index contributed by atoms with van der Waals surface area (Å²) in [6, 6.07) is 9.20. The fourth-order valence-electron chi connectivity index (χ4n) is 2.17. The smallest absolute Gasteiger partial charge is 0.270 e. The van der Waals surface area contributed by atoms with Gasteiger partial charge >= 0.3 is 0 Å². The van der Waals surface area contributed by atoms with Gasteiger partial charge < -0.3 is 11.1 Å². The SMILES string of the molecule is CCc1cc(C(=O)NC(C)c2ccccc2N)n(C)n1. The molecule has 5 nitrogen and oxygen atoms in total. The lowest BCUT2D eigenvalue weighted by Gasteiger charge is -2.16. The lowest BCUT2D eigenvalue weighted by Crippen LogP contribution is -2.28. The van der Waals surface area contributed by atoms with Crippen molar-refractivity contribution in [2.75, 3.05) is 5.73 Å². The summed E-state index contributed by atoms with van der Waals surface area (Å²) in [7, 11) is 1.77. The molecule has 0 spiro atoms. The van der Waals surface area contributed by atoms with Crippen LogP contribution in [0, 0.1) is 0 Å². The van der Waals surface area contributed by atoms with Gasteiger partial charge in [-0.2, -0.15) is 5.10 Å². The molecule has 0 fully saturated rings. The van der Waals surface area contributed by atoms with E-state index in [1.165, 1.54) is 0 Å². The lowest BCUT2D eigenvalue weighted by molar-refractivity contribution is 0.0930. The molecule has 0 aliphatic heterocycles. The number of nitrogen functional groups attached to an aromatic ring is 1. The van der Waals surface area contributed by atoms with Crippen molar-refractivity contribution >= 4 is 11.6 Å². The number of para-hydroxylation sites is 1. The molecule has 20 heavy (non-hydrogen) atoms. The van der Waals surface area contributed by atoms with E-state index in [1.54, 1.807) is 11.7 Å². The van der Waals surface area contributed by atoms with Crippen molar-refractivity contribution in [2.45, 2.75) is 26.3 Å². The third kappa shape index (κ3) is 2.82. The van der Waals surface area contributed by atoms with E-state index in [0.29, 0.717) is 11.4 Å². The van der Waals surface area contributed by atoms with Crippen LogP contribution in [0.15, 0.2) is 30.3 Å². The van der Waals surface area contributed by atoms with Gasteiger partial charge in [-0.15, -0.1) is 0 Å². The molecule has 0 saturated heterocycles. The number of nitrogens with zero attached hydrogens (tertiary/aromatic N) is 2. The quantitative estimate of drug-likeness (QED) is 0.837. The van der Waals surface area contributed by atoms with Crippen molar-refractivity contribution < 1.29 is 4.79 Å². The molecule has 1 aromatic heterocycles. The Morgan fingerprint density at radius 2 is 2.15 bits per heavy atom. The van der Waals surface area contributed by atoms with E-state index in [0.717, 1.165) is 17.7 Å². The number of hydrogen-bond acceptors (Lipinski definition) is 3. The molecule has 0 aliphatic rings. The van der Waals surface area contributed by atoms with Gasteiger partial charge in [-0.05, 0) is 31.0 Å². The second-order valence-electron chi connectivity index (χ2n) is 4.82. The van der Waals surface area contributed by atoms with Crippen molar-refractivity contribution in [2.24, 2.45) is 7.05 Å². The first-order valence-electron chi connectivity index (χ1n) is 6.71. The maximum Gasteiger partial charge on any atom is 0.270 e. The van der Waals surface area contributed by atoms with Crippen LogP contribution in [0.4, 0.5) is 5.69 Å². The second-order valence-corrected chi connectivity index (χ2v) is 4.82. The Morgan fingerprint density at radius 3 is 2.75 bits per heavy atom. The van der Waals surface area contributed by atoms with Crippen LogP contribution in [-0.4, -0.2) is 15.7 Å². The molecule has 1 heterocycles. The number of benzene rings is 1. The number of nitrogens with one attached hydrogen (secondary N) is 1. The predicted molar refractivity (Wildman–Crippen MR) is 79.3 cm³/mol. The van der Waals surface area contributed by atoms with Gasteiger partial charge in [0, 0.05) is 12.7 Å².